The van der Waals surface area contributed by atoms with Gasteiger partial charge in [0.2, 0.25) is 0 Å². The lowest BCUT2D eigenvalue weighted by Gasteiger charge is -2.08. The first-order chi connectivity index (χ1) is 4.56. The Balaban J connectivity index is 3.77. The van der Waals surface area contributed by atoms with Crippen LogP contribution in [0.5, 0.6) is 0 Å². The van der Waals surface area contributed by atoms with E-state index in [2.05, 4.69) is 32.3 Å². The summed E-state index contributed by atoms with van der Waals surface area (Å²) in [7, 11) is 0. The van der Waals surface area contributed by atoms with Gasteiger partial charge in [0.25, 0.3) is 0 Å². The predicted molar refractivity (Wildman–Crippen MR) is 47.3 cm³/mol. The molecule has 0 aliphatic heterocycles. The Morgan fingerprint density at radius 2 is 1.90 bits per heavy atom. The van der Waals surface area contributed by atoms with E-state index in [9.17, 15) is 0 Å². The highest BCUT2D eigenvalue weighted by atomic mass is 14.7. The van der Waals surface area contributed by atoms with Crippen molar-refractivity contribution in [1.29, 1.82) is 0 Å². The van der Waals surface area contributed by atoms with Crippen LogP contribution in [0.4, 0.5) is 0 Å². The highest BCUT2D eigenvalue weighted by molar-refractivity contribution is 5.64. The number of rotatable bonds is 2. The third-order valence-electron chi connectivity index (χ3n) is 0.770. The summed E-state index contributed by atoms with van der Waals surface area (Å²) in [6.45, 7) is 9.86. The van der Waals surface area contributed by atoms with Gasteiger partial charge in [-0.1, -0.05) is 33.4 Å². The van der Waals surface area contributed by atoms with Crippen LogP contribution >= 0.6 is 0 Å². The van der Waals surface area contributed by atoms with E-state index >= 15 is 0 Å². The summed E-state index contributed by atoms with van der Waals surface area (Å²) in [4.78, 5) is 4.06. The van der Waals surface area contributed by atoms with E-state index in [0.717, 1.165) is 0 Å². The lowest BCUT2D eigenvalue weighted by atomic mass is 9.99. The molecule has 0 aromatic rings. The van der Waals surface area contributed by atoms with Crippen LogP contribution in [-0.4, -0.2) is 6.21 Å². The standard InChI is InChI=1S/C9H15N/c1-5-6-7-10-8-9(2,3)4/h5-8H,1H2,2-4H3. The fourth-order valence-corrected chi connectivity index (χ4v) is 0.377. The molecule has 1 heteroatoms. The Labute approximate surface area is 63.2 Å². The summed E-state index contributed by atoms with van der Waals surface area (Å²) in [5.74, 6) is 0. The summed E-state index contributed by atoms with van der Waals surface area (Å²) in [5.41, 5.74) is 0.172. The molecule has 0 radical (unpaired) electrons. The number of aliphatic imine (C=N–C) groups is 1. The van der Waals surface area contributed by atoms with E-state index in [1.807, 2.05) is 12.3 Å². The molecule has 0 aromatic carbocycles. The van der Waals surface area contributed by atoms with Crippen LogP contribution in [0.15, 0.2) is 29.9 Å². The van der Waals surface area contributed by atoms with E-state index in [4.69, 9.17) is 0 Å². The minimum atomic E-state index is 0.172. The lowest BCUT2D eigenvalue weighted by molar-refractivity contribution is 0.607. The summed E-state index contributed by atoms with van der Waals surface area (Å²) >= 11 is 0. The van der Waals surface area contributed by atoms with Gasteiger partial charge in [-0.15, -0.1) is 0 Å². The van der Waals surface area contributed by atoms with Crippen LogP contribution in [0.25, 0.3) is 0 Å². The molecule has 0 heterocycles. The predicted octanol–water partition coefficient (Wildman–Crippen LogP) is 2.80. The second-order valence-electron chi connectivity index (χ2n) is 3.22. The average molecular weight is 137 g/mol. The van der Waals surface area contributed by atoms with Crippen LogP contribution in [0.3, 0.4) is 0 Å². The molecular weight excluding hydrogens is 122 g/mol. The van der Waals surface area contributed by atoms with E-state index in [0.29, 0.717) is 0 Å². The normalized spacial score (nSPS) is 13.1. The number of hydrogen-bond donors (Lipinski definition) is 0. The minimum Gasteiger partial charge on any atom is -0.269 e. The van der Waals surface area contributed by atoms with Crippen molar-refractivity contribution < 1.29 is 0 Å². The molecule has 0 bridgehead atoms. The summed E-state index contributed by atoms with van der Waals surface area (Å²) in [6.07, 6.45) is 7.16. The molecule has 0 amide bonds. The van der Waals surface area contributed by atoms with Gasteiger partial charge in [0.15, 0.2) is 0 Å². The maximum Gasteiger partial charge on any atom is 0.0263 e. The monoisotopic (exact) mass is 137 g/mol. The molecule has 0 aromatic heterocycles. The fourth-order valence-electron chi connectivity index (χ4n) is 0.377. The van der Waals surface area contributed by atoms with Crippen molar-refractivity contribution in [2.45, 2.75) is 20.8 Å². The van der Waals surface area contributed by atoms with Crippen LogP contribution in [-0.2, 0) is 0 Å². The molecule has 0 fully saturated rings. The Kier molecular flexibility index (Phi) is 3.70. The van der Waals surface area contributed by atoms with E-state index in [1.165, 1.54) is 0 Å². The van der Waals surface area contributed by atoms with Gasteiger partial charge in [-0.25, -0.2) is 0 Å². The van der Waals surface area contributed by atoms with Crippen molar-refractivity contribution in [2.24, 2.45) is 10.4 Å². The summed E-state index contributed by atoms with van der Waals surface area (Å²) < 4.78 is 0. The second kappa shape index (κ2) is 4.04. The largest absolute Gasteiger partial charge is 0.269 e. The van der Waals surface area contributed by atoms with Crippen molar-refractivity contribution in [3.63, 3.8) is 0 Å². The van der Waals surface area contributed by atoms with Gasteiger partial charge in [0, 0.05) is 12.4 Å². The molecule has 0 aliphatic rings. The third-order valence-corrected chi connectivity index (χ3v) is 0.770. The molecule has 10 heavy (non-hydrogen) atoms. The first-order valence-electron chi connectivity index (χ1n) is 3.38. The van der Waals surface area contributed by atoms with Crippen molar-refractivity contribution in [3.8, 4) is 0 Å². The number of hydrogen-bond acceptors (Lipinski definition) is 1. The fraction of sp³-hybridized carbons (Fsp3) is 0.444. The van der Waals surface area contributed by atoms with Gasteiger partial charge in [0.05, 0.1) is 0 Å². The van der Waals surface area contributed by atoms with E-state index < -0.39 is 0 Å². The first-order valence-corrected chi connectivity index (χ1v) is 3.38. The highest BCUT2D eigenvalue weighted by Crippen LogP contribution is 2.07. The molecule has 0 rings (SSSR count). The molecule has 0 aliphatic carbocycles. The molecule has 0 unspecified atom stereocenters. The topological polar surface area (TPSA) is 12.4 Å². The van der Waals surface area contributed by atoms with Crippen LogP contribution < -0.4 is 0 Å². The number of allylic oxidation sites excluding steroid dienone is 2. The average Bonchev–Trinajstić information content (AvgIpc) is 1.78. The molecule has 0 saturated heterocycles. The SMILES string of the molecule is C=CC=CN=CC(C)(C)C. The molecule has 1 nitrogen and oxygen atoms in total. The Bertz CT molecular complexity index is 147. The van der Waals surface area contributed by atoms with Crippen molar-refractivity contribution in [1.82, 2.24) is 0 Å². The first kappa shape index (κ1) is 9.15. The maximum absolute atomic E-state index is 4.06. The third kappa shape index (κ3) is 7.15. The molecule has 56 valence electrons. The van der Waals surface area contributed by atoms with Gasteiger partial charge in [-0.05, 0) is 11.5 Å². The van der Waals surface area contributed by atoms with Gasteiger partial charge < -0.3 is 0 Å². The van der Waals surface area contributed by atoms with Gasteiger partial charge in [-0.2, -0.15) is 0 Å². The lowest BCUT2D eigenvalue weighted by Crippen LogP contribution is -2.05. The Morgan fingerprint density at radius 3 is 2.30 bits per heavy atom. The second-order valence-corrected chi connectivity index (χ2v) is 3.22. The molecule has 0 saturated carbocycles. The Morgan fingerprint density at radius 1 is 1.30 bits per heavy atom. The quantitative estimate of drug-likeness (QED) is 0.410. The molecule has 0 N–H and O–H groups in total. The zero-order chi connectivity index (χ0) is 8.04. The zero-order valence-electron chi connectivity index (χ0n) is 6.96. The maximum atomic E-state index is 4.06. The minimum absolute atomic E-state index is 0.172. The van der Waals surface area contributed by atoms with E-state index in [-0.39, 0.29) is 5.41 Å². The number of nitrogens with zero attached hydrogens (tertiary/aromatic N) is 1. The zero-order valence-corrected chi connectivity index (χ0v) is 6.96. The molecule has 0 spiro atoms. The summed E-state index contributed by atoms with van der Waals surface area (Å²) in [5, 5.41) is 0. The van der Waals surface area contributed by atoms with Gasteiger partial charge in [0.1, 0.15) is 0 Å². The van der Waals surface area contributed by atoms with Crippen LogP contribution in [0.1, 0.15) is 20.8 Å². The molecular formula is C9H15N. The van der Waals surface area contributed by atoms with E-state index in [1.54, 1.807) is 12.3 Å². The smallest absolute Gasteiger partial charge is 0.0263 e. The Hall–Kier alpha value is -0.850. The van der Waals surface area contributed by atoms with Crippen molar-refractivity contribution in [2.75, 3.05) is 0 Å². The van der Waals surface area contributed by atoms with Crippen LogP contribution in [0.2, 0.25) is 0 Å². The van der Waals surface area contributed by atoms with Gasteiger partial charge >= 0.3 is 0 Å². The van der Waals surface area contributed by atoms with Crippen molar-refractivity contribution in [3.05, 3.63) is 24.9 Å². The molecule has 0 atom stereocenters. The summed E-state index contributed by atoms with van der Waals surface area (Å²) in [6, 6.07) is 0. The van der Waals surface area contributed by atoms with Gasteiger partial charge in [-0.3, -0.25) is 4.99 Å². The highest BCUT2D eigenvalue weighted by Gasteiger charge is 2.03. The van der Waals surface area contributed by atoms with Crippen molar-refractivity contribution >= 4 is 6.21 Å². The van der Waals surface area contributed by atoms with Crippen LogP contribution in [0, 0.1) is 5.41 Å².